The smallest absolute Gasteiger partial charge is 0.255 e. The third kappa shape index (κ3) is 3.72. The number of benzene rings is 3. The van der Waals surface area contributed by atoms with Crippen molar-refractivity contribution < 1.29 is 4.79 Å². The number of aromatic nitrogens is 3. The summed E-state index contributed by atoms with van der Waals surface area (Å²) in [6.07, 6.45) is 0. The fourth-order valence-electron chi connectivity index (χ4n) is 2.94. The van der Waals surface area contributed by atoms with Crippen LogP contribution in [0.25, 0.3) is 11.0 Å². The number of hydrogen-bond donors (Lipinski definition) is 1. The Bertz CT molecular complexity index is 1100. The topological polar surface area (TPSA) is 59.8 Å². The zero-order valence-corrected chi connectivity index (χ0v) is 15.3. The van der Waals surface area contributed by atoms with Crippen LogP contribution in [0.3, 0.4) is 0 Å². The van der Waals surface area contributed by atoms with Gasteiger partial charge in [-0.25, -0.2) is 4.68 Å². The van der Waals surface area contributed by atoms with Crippen molar-refractivity contribution >= 4 is 22.6 Å². The Morgan fingerprint density at radius 2 is 1.59 bits per heavy atom. The highest BCUT2D eigenvalue weighted by atomic mass is 16.1. The first-order valence-corrected chi connectivity index (χ1v) is 8.85. The van der Waals surface area contributed by atoms with E-state index >= 15 is 0 Å². The number of rotatable bonds is 4. The predicted molar refractivity (Wildman–Crippen MR) is 107 cm³/mol. The first-order valence-electron chi connectivity index (χ1n) is 8.85. The van der Waals surface area contributed by atoms with E-state index in [-0.39, 0.29) is 5.91 Å². The van der Waals surface area contributed by atoms with E-state index in [9.17, 15) is 4.79 Å². The average Bonchev–Trinajstić information content (AvgIpc) is 3.07. The molecule has 0 spiro atoms. The van der Waals surface area contributed by atoms with Crippen molar-refractivity contribution in [3.63, 3.8) is 0 Å². The fraction of sp³-hybridized carbons (Fsp3) is 0.136. The number of carbonyl (C=O) groups excluding carboxylic acids is 1. The van der Waals surface area contributed by atoms with Crippen molar-refractivity contribution in [2.24, 2.45) is 0 Å². The van der Waals surface area contributed by atoms with E-state index in [1.165, 1.54) is 5.56 Å². The summed E-state index contributed by atoms with van der Waals surface area (Å²) in [5, 5.41) is 11.4. The summed E-state index contributed by atoms with van der Waals surface area (Å²) in [7, 11) is 0. The number of hydrogen-bond acceptors (Lipinski definition) is 3. The fourth-order valence-corrected chi connectivity index (χ4v) is 2.94. The zero-order valence-electron chi connectivity index (χ0n) is 15.3. The minimum absolute atomic E-state index is 0.158. The molecule has 1 aromatic heterocycles. The Hall–Kier alpha value is -3.47. The number of aryl methyl sites for hydroxylation is 2. The zero-order chi connectivity index (χ0) is 18.8. The summed E-state index contributed by atoms with van der Waals surface area (Å²) in [4.78, 5) is 12.5. The van der Waals surface area contributed by atoms with Gasteiger partial charge in [0.15, 0.2) is 0 Å². The maximum Gasteiger partial charge on any atom is 0.255 e. The molecule has 0 aliphatic rings. The van der Waals surface area contributed by atoms with Gasteiger partial charge in [-0.1, -0.05) is 52.7 Å². The summed E-state index contributed by atoms with van der Waals surface area (Å²) >= 11 is 0. The highest BCUT2D eigenvalue weighted by Gasteiger charge is 2.11. The second-order valence-electron chi connectivity index (χ2n) is 6.76. The highest BCUT2D eigenvalue weighted by molar-refractivity contribution is 6.05. The molecule has 5 heteroatoms. The maximum absolute atomic E-state index is 12.5. The van der Waals surface area contributed by atoms with Crippen LogP contribution in [-0.2, 0) is 6.54 Å². The van der Waals surface area contributed by atoms with Crippen molar-refractivity contribution in [3.8, 4) is 0 Å². The van der Waals surface area contributed by atoms with Crippen LogP contribution < -0.4 is 5.32 Å². The van der Waals surface area contributed by atoms with Crippen molar-refractivity contribution in [1.29, 1.82) is 0 Å². The minimum Gasteiger partial charge on any atom is -0.322 e. The SMILES string of the molecule is Cc1ccc(Cn2nnc3cc(C(=O)Nc4ccc(C)cc4)ccc32)cc1. The lowest BCUT2D eigenvalue weighted by Crippen LogP contribution is -2.11. The molecule has 4 rings (SSSR count). The molecule has 4 aromatic rings. The standard InChI is InChI=1S/C22H20N4O/c1-15-3-7-17(8-4-15)14-26-21-12-9-18(13-20(21)24-25-26)22(27)23-19-10-5-16(2)6-11-19/h3-13H,14H2,1-2H3,(H,23,27). The van der Waals surface area contributed by atoms with Crippen molar-refractivity contribution in [3.05, 3.63) is 89.0 Å². The maximum atomic E-state index is 12.5. The highest BCUT2D eigenvalue weighted by Crippen LogP contribution is 2.17. The lowest BCUT2D eigenvalue weighted by atomic mass is 10.1. The van der Waals surface area contributed by atoms with Gasteiger partial charge in [0.05, 0.1) is 12.1 Å². The summed E-state index contributed by atoms with van der Waals surface area (Å²) < 4.78 is 1.85. The molecule has 0 fully saturated rings. The number of carbonyl (C=O) groups is 1. The number of anilines is 1. The van der Waals surface area contributed by atoms with Gasteiger partial charge in [0.25, 0.3) is 5.91 Å². The van der Waals surface area contributed by atoms with Gasteiger partial charge in [-0.2, -0.15) is 0 Å². The number of amides is 1. The third-order valence-electron chi connectivity index (χ3n) is 4.54. The quantitative estimate of drug-likeness (QED) is 0.591. The Labute approximate surface area is 157 Å². The van der Waals surface area contributed by atoms with Crippen LogP contribution in [0.4, 0.5) is 5.69 Å². The molecule has 0 saturated carbocycles. The van der Waals surface area contributed by atoms with Crippen LogP contribution in [0.5, 0.6) is 0 Å². The molecule has 134 valence electrons. The van der Waals surface area contributed by atoms with Gasteiger partial charge >= 0.3 is 0 Å². The molecule has 0 radical (unpaired) electrons. The van der Waals surface area contributed by atoms with Crippen LogP contribution in [0.1, 0.15) is 27.0 Å². The molecule has 0 aliphatic heterocycles. The first kappa shape index (κ1) is 17.0. The second kappa shape index (κ2) is 7.03. The van der Waals surface area contributed by atoms with Gasteiger partial charge < -0.3 is 5.32 Å². The first-order chi connectivity index (χ1) is 13.1. The molecule has 3 aromatic carbocycles. The predicted octanol–water partition coefficient (Wildman–Crippen LogP) is 4.35. The summed E-state index contributed by atoms with van der Waals surface area (Å²) in [5.74, 6) is -0.158. The largest absolute Gasteiger partial charge is 0.322 e. The van der Waals surface area contributed by atoms with Crippen LogP contribution in [-0.4, -0.2) is 20.9 Å². The van der Waals surface area contributed by atoms with Gasteiger partial charge in [-0.05, 0) is 49.7 Å². The van der Waals surface area contributed by atoms with Crippen molar-refractivity contribution in [1.82, 2.24) is 15.0 Å². The van der Waals surface area contributed by atoms with Crippen molar-refractivity contribution in [2.45, 2.75) is 20.4 Å². The Morgan fingerprint density at radius 1 is 0.926 bits per heavy atom. The van der Waals surface area contributed by atoms with Gasteiger partial charge in [0.1, 0.15) is 5.52 Å². The molecule has 1 heterocycles. The molecular formula is C22H20N4O. The van der Waals surface area contributed by atoms with Crippen molar-refractivity contribution in [2.75, 3.05) is 5.32 Å². The second-order valence-corrected chi connectivity index (χ2v) is 6.76. The summed E-state index contributed by atoms with van der Waals surface area (Å²) in [6, 6.07) is 21.5. The minimum atomic E-state index is -0.158. The van der Waals surface area contributed by atoms with Crippen LogP contribution >= 0.6 is 0 Å². The van der Waals surface area contributed by atoms with Crippen LogP contribution in [0, 0.1) is 13.8 Å². The Balaban J connectivity index is 1.55. The van der Waals surface area contributed by atoms with E-state index < -0.39 is 0 Å². The van der Waals surface area contributed by atoms with Crippen LogP contribution in [0.2, 0.25) is 0 Å². The third-order valence-corrected chi connectivity index (χ3v) is 4.54. The summed E-state index contributed by atoms with van der Waals surface area (Å²) in [5.41, 5.74) is 6.49. The van der Waals surface area contributed by atoms with E-state index in [0.29, 0.717) is 17.6 Å². The lowest BCUT2D eigenvalue weighted by molar-refractivity contribution is 0.102. The van der Waals surface area contributed by atoms with Crippen LogP contribution in [0.15, 0.2) is 66.7 Å². The van der Waals surface area contributed by atoms with E-state index in [1.54, 1.807) is 12.1 Å². The van der Waals surface area contributed by atoms with E-state index in [2.05, 4.69) is 46.8 Å². The monoisotopic (exact) mass is 356 g/mol. The van der Waals surface area contributed by atoms with Gasteiger partial charge in [0.2, 0.25) is 0 Å². The molecular weight excluding hydrogens is 336 g/mol. The lowest BCUT2D eigenvalue weighted by Gasteiger charge is -2.06. The molecule has 0 atom stereocenters. The average molecular weight is 356 g/mol. The molecule has 5 nitrogen and oxygen atoms in total. The number of nitrogens with zero attached hydrogens (tertiary/aromatic N) is 3. The number of fused-ring (bicyclic) bond motifs is 1. The number of nitrogens with one attached hydrogen (secondary N) is 1. The van der Waals surface area contributed by atoms with E-state index in [1.807, 2.05) is 41.9 Å². The molecule has 1 N–H and O–H groups in total. The molecule has 27 heavy (non-hydrogen) atoms. The van der Waals surface area contributed by atoms with Gasteiger partial charge in [0, 0.05) is 11.3 Å². The molecule has 0 aliphatic carbocycles. The Kier molecular flexibility index (Phi) is 4.42. The van der Waals surface area contributed by atoms with E-state index in [0.717, 1.165) is 22.3 Å². The summed E-state index contributed by atoms with van der Waals surface area (Å²) in [6.45, 7) is 4.73. The van der Waals surface area contributed by atoms with E-state index in [4.69, 9.17) is 0 Å². The molecule has 0 unspecified atom stereocenters. The molecule has 0 bridgehead atoms. The molecule has 0 saturated heterocycles. The molecule has 1 amide bonds. The Morgan fingerprint density at radius 3 is 2.30 bits per heavy atom. The van der Waals surface area contributed by atoms with Gasteiger partial charge in [-0.3, -0.25) is 4.79 Å². The van der Waals surface area contributed by atoms with Gasteiger partial charge in [-0.15, -0.1) is 5.10 Å². The normalized spacial score (nSPS) is 10.9.